The Labute approximate surface area is 190 Å². The fraction of sp³-hybridized carbons (Fsp3) is 0.625. The molecule has 1 aromatic carbocycles. The molecule has 0 bridgehead atoms. The number of unbranched alkanes of at least 4 members (excludes halogenated alkanes) is 1. The Hall–Kier alpha value is -2.25. The highest BCUT2D eigenvalue weighted by molar-refractivity contribution is 5.79. The molecule has 7 nitrogen and oxygen atoms in total. The summed E-state index contributed by atoms with van der Waals surface area (Å²) in [5.74, 6) is 1.99. The maximum Gasteiger partial charge on any atom is 0.174 e. The highest BCUT2D eigenvalue weighted by atomic mass is 16.5. The molecule has 3 rings (SSSR count). The summed E-state index contributed by atoms with van der Waals surface area (Å²) in [6.45, 7) is 7.96. The van der Waals surface area contributed by atoms with Crippen molar-refractivity contribution in [1.29, 1.82) is 0 Å². The molecule has 1 aromatic rings. The van der Waals surface area contributed by atoms with Crippen molar-refractivity contribution in [2.24, 2.45) is 4.99 Å². The minimum Gasteiger partial charge on any atom is -0.497 e. The minimum atomic E-state index is -0.0802. The molecule has 0 radical (unpaired) electrons. The monoisotopic (exact) mass is 435 g/mol. The summed E-state index contributed by atoms with van der Waals surface area (Å²) in [5.41, 5.74) is 2.31. The Morgan fingerprint density at radius 3 is 2.68 bits per heavy atom. The molecule has 1 aliphatic heterocycles. The Morgan fingerprint density at radius 2 is 2.00 bits per heavy atom. The van der Waals surface area contributed by atoms with Crippen LogP contribution in [0.3, 0.4) is 0 Å². The highest BCUT2D eigenvalue weighted by Crippen LogP contribution is 2.21. The van der Waals surface area contributed by atoms with Crippen LogP contribution >= 0.6 is 0 Å². The number of methoxy groups -OCH3 is 1. The molecular formula is C24H45N5O2. The van der Waals surface area contributed by atoms with Crippen molar-refractivity contribution in [2.45, 2.75) is 78.2 Å². The number of rotatable bonds is 10. The third-order valence-electron chi connectivity index (χ3n) is 5.40. The molecule has 7 heteroatoms. The molecule has 1 unspecified atom stereocenters. The van der Waals surface area contributed by atoms with Crippen LogP contribution in [0.5, 0.6) is 5.75 Å². The summed E-state index contributed by atoms with van der Waals surface area (Å²) in [6, 6.07) is 8.80. The highest BCUT2D eigenvalue weighted by Gasteiger charge is 2.23. The van der Waals surface area contributed by atoms with Gasteiger partial charge in [-0.1, -0.05) is 52.2 Å². The van der Waals surface area contributed by atoms with E-state index in [1.807, 2.05) is 32.2 Å². The molecule has 31 heavy (non-hydrogen) atoms. The van der Waals surface area contributed by atoms with Crippen molar-refractivity contribution < 1.29 is 11.6 Å². The van der Waals surface area contributed by atoms with E-state index >= 15 is 0 Å². The van der Waals surface area contributed by atoms with Gasteiger partial charge in [0.1, 0.15) is 11.6 Å². The van der Waals surface area contributed by atoms with Gasteiger partial charge in [0.25, 0.3) is 0 Å². The third-order valence-corrected chi connectivity index (χ3v) is 5.40. The van der Waals surface area contributed by atoms with Crippen molar-refractivity contribution in [3.05, 3.63) is 41.3 Å². The van der Waals surface area contributed by atoms with Gasteiger partial charge in [-0.25, -0.2) is 0 Å². The molecule has 1 heterocycles. The molecule has 1 fully saturated rings. The number of allylic oxidation sites excluding steroid dienone is 1. The van der Waals surface area contributed by atoms with Crippen molar-refractivity contribution in [3.63, 3.8) is 0 Å². The van der Waals surface area contributed by atoms with Gasteiger partial charge in [-0.15, -0.1) is 0 Å². The summed E-state index contributed by atoms with van der Waals surface area (Å²) in [7, 11) is 3.83. The zero-order valence-electron chi connectivity index (χ0n) is 20.0. The van der Waals surface area contributed by atoms with Crippen molar-refractivity contribution in [3.8, 4) is 5.75 Å². The molecule has 1 aliphatic carbocycles. The van der Waals surface area contributed by atoms with Crippen LogP contribution < -0.4 is 20.7 Å². The van der Waals surface area contributed by atoms with Gasteiger partial charge in [0.05, 0.1) is 19.0 Å². The molecule has 178 valence electrons. The van der Waals surface area contributed by atoms with Crippen LogP contribution in [0.4, 0.5) is 0 Å². The number of benzene rings is 1. The standard InChI is InChI=1S/C22H35N5O.C2H6.H2O.H2/c1-4-5-13-23-22-24-15-20(25-18-10-6-7-11-18)21(26-22)27(2)16-17-9-8-12-19(14-17)28-3;1-2;;/h8-9,12,14-15,18,22-23,25-26H,4-7,10-11,13,16H2,1-3H3;1-2H3;1H2;1H. The van der Waals surface area contributed by atoms with Gasteiger partial charge < -0.3 is 25.7 Å². The van der Waals surface area contributed by atoms with Gasteiger partial charge >= 0.3 is 0 Å². The summed E-state index contributed by atoms with van der Waals surface area (Å²) >= 11 is 0. The van der Waals surface area contributed by atoms with Crippen LogP contribution in [-0.4, -0.2) is 49.6 Å². The third kappa shape index (κ3) is 8.42. The minimum absolute atomic E-state index is 0. The predicted octanol–water partition coefficient (Wildman–Crippen LogP) is 3.62. The summed E-state index contributed by atoms with van der Waals surface area (Å²) < 4.78 is 5.37. The van der Waals surface area contributed by atoms with Gasteiger partial charge in [-0.3, -0.25) is 10.3 Å². The summed E-state index contributed by atoms with van der Waals surface area (Å²) in [5, 5.41) is 10.8. The lowest BCUT2D eigenvalue weighted by atomic mass is 10.2. The van der Waals surface area contributed by atoms with Crippen LogP contribution in [0.25, 0.3) is 0 Å². The summed E-state index contributed by atoms with van der Waals surface area (Å²) in [4.78, 5) is 6.93. The van der Waals surface area contributed by atoms with Gasteiger partial charge in [0.2, 0.25) is 0 Å². The lowest BCUT2D eigenvalue weighted by Crippen LogP contribution is -2.49. The second kappa shape index (κ2) is 14.7. The quantitative estimate of drug-likeness (QED) is 0.488. The molecule has 0 amide bonds. The van der Waals surface area contributed by atoms with Crippen molar-refractivity contribution in [1.82, 2.24) is 20.9 Å². The Morgan fingerprint density at radius 1 is 1.26 bits per heavy atom. The molecular weight excluding hydrogens is 390 g/mol. The van der Waals surface area contributed by atoms with E-state index in [0.717, 1.165) is 36.8 Å². The van der Waals surface area contributed by atoms with E-state index in [0.29, 0.717) is 6.04 Å². The van der Waals surface area contributed by atoms with Gasteiger partial charge in [0.15, 0.2) is 6.29 Å². The van der Waals surface area contributed by atoms with E-state index in [1.165, 1.54) is 37.7 Å². The molecule has 0 saturated heterocycles. The maximum absolute atomic E-state index is 5.37. The lowest BCUT2D eigenvalue weighted by Gasteiger charge is -2.33. The first-order valence-corrected chi connectivity index (χ1v) is 11.6. The molecule has 5 N–H and O–H groups in total. The molecule has 1 saturated carbocycles. The fourth-order valence-electron chi connectivity index (χ4n) is 3.81. The van der Waals surface area contributed by atoms with Crippen LogP contribution in [0, 0.1) is 0 Å². The first-order chi connectivity index (χ1) is 14.7. The largest absolute Gasteiger partial charge is 0.497 e. The van der Waals surface area contributed by atoms with Crippen LogP contribution in [-0.2, 0) is 6.54 Å². The Bertz CT molecular complexity index is 693. The number of aliphatic imine (C=N–C) groups is 1. The number of hydrogen-bond acceptors (Lipinski definition) is 6. The van der Waals surface area contributed by atoms with Crippen LogP contribution in [0.1, 0.15) is 66.3 Å². The molecule has 0 spiro atoms. The van der Waals surface area contributed by atoms with Crippen molar-refractivity contribution in [2.75, 3.05) is 20.7 Å². The Balaban J connectivity index is 0.00000234. The molecule has 2 aliphatic rings. The Kier molecular flexibility index (Phi) is 12.7. The average Bonchev–Trinajstić information content (AvgIpc) is 3.29. The van der Waals surface area contributed by atoms with Gasteiger partial charge in [0, 0.05) is 21.1 Å². The SMILES string of the molecule is CC.CCCCNC1N=CC(NC2CCCC2)=C(N(C)Cc2cccc(OC)c2)N1.O.[HH]. The van der Waals surface area contributed by atoms with Crippen molar-refractivity contribution >= 4 is 6.21 Å². The number of hydrogen-bond donors (Lipinski definition) is 3. The van der Waals surface area contributed by atoms with Gasteiger partial charge in [-0.2, -0.15) is 0 Å². The zero-order chi connectivity index (χ0) is 21.8. The van der Waals surface area contributed by atoms with Crippen LogP contribution in [0.2, 0.25) is 0 Å². The lowest BCUT2D eigenvalue weighted by molar-refractivity contribution is 0.327. The van der Waals surface area contributed by atoms with E-state index in [2.05, 4.69) is 51.9 Å². The first kappa shape index (κ1) is 26.8. The summed E-state index contributed by atoms with van der Waals surface area (Å²) in [6.07, 6.45) is 9.34. The first-order valence-electron chi connectivity index (χ1n) is 11.6. The number of nitrogens with zero attached hydrogens (tertiary/aromatic N) is 2. The van der Waals surface area contributed by atoms with Crippen LogP contribution in [0.15, 0.2) is 40.8 Å². The number of nitrogens with one attached hydrogen (secondary N) is 3. The maximum atomic E-state index is 5.37. The second-order valence-electron chi connectivity index (χ2n) is 7.73. The van der Waals surface area contributed by atoms with Gasteiger partial charge in [-0.05, 0) is 43.5 Å². The van der Waals surface area contributed by atoms with E-state index < -0.39 is 0 Å². The predicted molar refractivity (Wildman–Crippen MR) is 132 cm³/mol. The van der Waals surface area contributed by atoms with E-state index in [4.69, 9.17) is 4.74 Å². The topological polar surface area (TPSA) is 92.4 Å². The zero-order valence-corrected chi connectivity index (χ0v) is 20.0. The average molecular weight is 436 g/mol. The second-order valence-corrected chi connectivity index (χ2v) is 7.73. The van der Waals surface area contributed by atoms with E-state index in [-0.39, 0.29) is 13.2 Å². The molecule has 1 atom stereocenters. The van der Waals surface area contributed by atoms with E-state index in [1.54, 1.807) is 7.11 Å². The normalized spacial score (nSPS) is 17.9. The number of ether oxygens (including phenoxy) is 1. The smallest absolute Gasteiger partial charge is 0.174 e. The fourth-order valence-corrected chi connectivity index (χ4v) is 3.81. The molecule has 0 aromatic heterocycles. The van der Waals surface area contributed by atoms with E-state index in [9.17, 15) is 0 Å².